The molecular weight excluding hydrogens is 324 g/mol. The number of rotatable bonds is 10. The molecule has 0 bridgehead atoms. The van der Waals surface area contributed by atoms with E-state index in [2.05, 4.69) is 5.32 Å². The third-order valence-corrected chi connectivity index (χ3v) is 4.16. The van der Waals surface area contributed by atoms with Gasteiger partial charge in [-0.1, -0.05) is 36.4 Å². The lowest BCUT2D eigenvalue weighted by atomic mass is 10.0. The first-order valence-electron chi connectivity index (χ1n) is 8.40. The highest BCUT2D eigenvalue weighted by molar-refractivity contribution is 5.42. The molecule has 0 aliphatic carbocycles. The number of hydrogen-bond acceptors (Lipinski definition) is 3. The van der Waals surface area contributed by atoms with Crippen LogP contribution in [0.15, 0.2) is 48.5 Å². The Morgan fingerprint density at radius 2 is 1.60 bits per heavy atom. The van der Waals surface area contributed by atoms with Crippen LogP contribution in [0.1, 0.15) is 17.5 Å². The van der Waals surface area contributed by atoms with Gasteiger partial charge in [-0.25, -0.2) is 8.78 Å². The Balaban J connectivity index is 1.84. The first-order chi connectivity index (χ1) is 12.1. The summed E-state index contributed by atoms with van der Waals surface area (Å²) in [7, 11) is 3.16. The maximum Gasteiger partial charge on any atom is 0.253 e. The van der Waals surface area contributed by atoms with Gasteiger partial charge >= 0.3 is 0 Å². The third kappa shape index (κ3) is 6.02. The summed E-state index contributed by atoms with van der Waals surface area (Å²) < 4.78 is 37.0. The smallest absolute Gasteiger partial charge is 0.253 e. The minimum Gasteiger partial charge on any atom is -0.493 e. The van der Waals surface area contributed by atoms with E-state index in [0.717, 1.165) is 11.1 Å². The summed E-state index contributed by atoms with van der Waals surface area (Å²) in [5, 5.41) is 2.98. The van der Waals surface area contributed by atoms with Gasteiger partial charge in [-0.05, 0) is 49.1 Å². The molecule has 2 rings (SSSR count). The molecule has 0 spiro atoms. The predicted molar refractivity (Wildman–Crippen MR) is 95.8 cm³/mol. The molecule has 0 amide bonds. The Hall–Kier alpha value is -2.14. The Morgan fingerprint density at radius 3 is 2.24 bits per heavy atom. The molecule has 3 nitrogen and oxygen atoms in total. The van der Waals surface area contributed by atoms with Gasteiger partial charge in [0.25, 0.3) is 6.43 Å². The fourth-order valence-corrected chi connectivity index (χ4v) is 2.72. The highest BCUT2D eigenvalue weighted by Crippen LogP contribution is 2.27. The first-order valence-corrected chi connectivity index (χ1v) is 8.40. The molecule has 1 N–H and O–H groups in total. The van der Waals surface area contributed by atoms with Gasteiger partial charge in [0.15, 0.2) is 11.5 Å². The Labute approximate surface area is 148 Å². The average Bonchev–Trinajstić information content (AvgIpc) is 2.64. The molecule has 0 saturated heterocycles. The number of halogens is 2. The van der Waals surface area contributed by atoms with Crippen molar-refractivity contribution in [3.63, 3.8) is 0 Å². The molecule has 0 unspecified atom stereocenters. The van der Waals surface area contributed by atoms with Crippen molar-refractivity contribution in [1.29, 1.82) is 0 Å². The van der Waals surface area contributed by atoms with E-state index in [1.54, 1.807) is 14.2 Å². The second-order valence-corrected chi connectivity index (χ2v) is 5.86. The quantitative estimate of drug-likeness (QED) is 0.700. The molecule has 0 saturated carbocycles. The monoisotopic (exact) mass is 349 g/mol. The van der Waals surface area contributed by atoms with Gasteiger partial charge in [0.1, 0.15) is 0 Å². The summed E-state index contributed by atoms with van der Waals surface area (Å²) in [5.74, 6) is 1.31. The number of alkyl halides is 2. The van der Waals surface area contributed by atoms with E-state index in [9.17, 15) is 8.78 Å². The van der Waals surface area contributed by atoms with Gasteiger partial charge in [-0.15, -0.1) is 0 Å². The van der Waals surface area contributed by atoms with Crippen molar-refractivity contribution in [2.75, 3.05) is 20.8 Å². The van der Waals surface area contributed by atoms with Crippen LogP contribution in [-0.2, 0) is 12.8 Å². The van der Waals surface area contributed by atoms with E-state index in [4.69, 9.17) is 9.47 Å². The fraction of sp³-hybridized carbons (Fsp3) is 0.400. The van der Waals surface area contributed by atoms with Crippen LogP contribution in [0, 0.1) is 0 Å². The number of hydrogen-bond donors (Lipinski definition) is 1. The van der Waals surface area contributed by atoms with E-state index >= 15 is 0 Å². The standard InChI is InChI=1S/C20H25F2NO2/c1-24-18-11-9-16(14-19(18)25-2)12-13-23-17(20(21)22)10-8-15-6-4-3-5-7-15/h3-7,9,11,14,17,20,23H,8,10,12-13H2,1-2H3/t17-/m1/s1. The van der Waals surface area contributed by atoms with Crippen LogP contribution < -0.4 is 14.8 Å². The molecule has 0 aliphatic heterocycles. The number of methoxy groups -OCH3 is 2. The Morgan fingerprint density at radius 1 is 0.880 bits per heavy atom. The molecule has 1 atom stereocenters. The Kier molecular flexibility index (Phi) is 7.67. The zero-order valence-corrected chi connectivity index (χ0v) is 14.7. The fourth-order valence-electron chi connectivity index (χ4n) is 2.72. The summed E-state index contributed by atoms with van der Waals surface area (Å²) in [4.78, 5) is 0. The van der Waals surface area contributed by atoms with Crippen LogP contribution in [0.3, 0.4) is 0 Å². The second-order valence-electron chi connectivity index (χ2n) is 5.86. The number of nitrogens with one attached hydrogen (secondary N) is 1. The van der Waals surface area contributed by atoms with Crippen molar-refractivity contribution < 1.29 is 18.3 Å². The number of aryl methyl sites for hydroxylation is 1. The molecule has 2 aromatic carbocycles. The third-order valence-electron chi connectivity index (χ3n) is 4.16. The normalized spacial score (nSPS) is 12.2. The molecule has 25 heavy (non-hydrogen) atoms. The van der Waals surface area contributed by atoms with Gasteiger partial charge in [-0.2, -0.15) is 0 Å². The maximum absolute atomic E-state index is 13.2. The van der Waals surface area contributed by atoms with Crippen LogP contribution in [0.4, 0.5) is 8.78 Å². The van der Waals surface area contributed by atoms with E-state index in [0.29, 0.717) is 37.3 Å². The van der Waals surface area contributed by atoms with Crippen LogP contribution in [-0.4, -0.2) is 33.2 Å². The van der Waals surface area contributed by atoms with Crippen LogP contribution in [0.2, 0.25) is 0 Å². The SMILES string of the molecule is COc1ccc(CCN[C@H](CCc2ccccc2)C(F)F)cc1OC. The van der Waals surface area contributed by atoms with E-state index in [1.165, 1.54) is 0 Å². The van der Waals surface area contributed by atoms with Gasteiger partial charge in [0, 0.05) is 0 Å². The lowest BCUT2D eigenvalue weighted by Crippen LogP contribution is -2.37. The molecule has 2 aromatic rings. The molecular formula is C20H25F2NO2. The van der Waals surface area contributed by atoms with Crippen LogP contribution in [0.5, 0.6) is 11.5 Å². The molecule has 0 aromatic heterocycles. The van der Waals surface area contributed by atoms with Crippen molar-refractivity contribution >= 4 is 0 Å². The average molecular weight is 349 g/mol. The zero-order valence-electron chi connectivity index (χ0n) is 14.7. The largest absolute Gasteiger partial charge is 0.493 e. The summed E-state index contributed by atoms with van der Waals surface area (Å²) in [6, 6.07) is 14.5. The predicted octanol–water partition coefficient (Wildman–Crippen LogP) is 4.10. The van der Waals surface area contributed by atoms with E-state index in [-0.39, 0.29) is 0 Å². The Bertz CT molecular complexity index is 635. The molecule has 0 heterocycles. The summed E-state index contributed by atoms with van der Waals surface area (Å²) in [6.07, 6.45) is -0.684. The maximum atomic E-state index is 13.2. The van der Waals surface area contributed by atoms with E-state index in [1.807, 2.05) is 48.5 Å². The lowest BCUT2D eigenvalue weighted by Gasteiger charge is -2.18. The lowest BCUT2D eigenvalue weighted by molar-refractivity contribution is 0.0945. The highest BCUT2D eigenvalue weighted by atomic mass is 19.3. The highest BCUT2D eigenvalue weighted by Gasteiger charge is 2.19. The summed E-state index contributed by atoms with van der Waals surface area (Å²) in [6.45, 7) is 0.485. The van der Waals surface area contributed by atoms with Crippen molar-refractivity contribution in [3.05, 3.63) is 59.7 Å². The van der Waals surface area contributed by atoms with Gasteiger partial charge in [0.05, 0.1) is 20.3 Å². The second kappa shape index (κ2) is 9.99. The van der Waals surface area contributed by atoms with E-state index < -0.39 is 12.5 Å². The first kappa shape index (κ1) is 19.2. The van der Waals surface area contributed by atoms with Gasteiger partial charge in [-0.3, -0.25) is 0 Å². The van der Waals surface area contributed by atoms with Crippen molar-refractivity contribution in [1.82, 2.24) is 5.32 Å². The zero-order chi connectivity index (χ0) is 18.1. The molecule has 136 valence electrons. The number of ether oxygens (including phenoxy) is 2. The van der Waals surface area contributed by atoms with Gasteiger partial charge < -0.3 is 14.8 Å². The molecule has 0 radical (unpaired) electrons. The van der Waals surface area contributed by atoms with Crippen molar-refractivity contribution in [3.8, 4) is 11.5 Å². The van der Waals surface area contributed by atoms with Crippen LogP contribution >= 0.6 is 0 Å². The van der Waals surface area contributed by atoms with Crippen LogP contribution in [0.25, 0.3) is 0 Å². The van der Waals surface area contributed by atoms with Gasteiger partial charge in [0.2, 0.25) is 0 Å². The van der Waals surface area contributed by atoms with Crippen molar-refractivity contribution in [2.24, 2.45) is 0 Å². The molecule has 0 aliphatic rings. The minimum atomic E-state index is -2.38. The number of benzene rings is 2. The minimum absolute atomic E-state index is 0.410. The van der Waals surface area contributed by atoms with Crippen molar-refractivity contribution in [2.45, 2.75) is 31.7 Å². The molecule has 0 fully saturated rings. The topological polar surface area (TPSA) is 30.5 Å². The molecule has 5 heteroatoms. The summed E-state index contributed by atoms with van der Waals surface area (Å²) in [5.41, 5.74) is 2.09. The summed E-state index contributed by atoms with van der Waals surface area (Å²) >= 11 is 0.